The van der Waals surface area contributed by atoms with Gasteiger partial charge in [0.1, 0.15) is 5.82 Å². The molecule has 1 aromatic carbocycles. The Kier molecular flexibility index (Phi) is 5.44. The number of carboxylic acid groups (broad SMARTS) is 1. The molecule has 0 spiro atoms. The lowest BCUT2D eigenvalue weighted by atomic mass is 10.2. The molecule has 0 radical (unpaired) electrons. The van der Waals surface area contributed by atoms with Crippen LogP contribution in [0.4, 0.5) is 4.39 Å². The molecule has 0 aliphatic heterocycles. The average molecular weight is 289 g/mol. The van der Waals surface area contributed by atoms with Gasteiger partial charge in [-0.3, -0.25) is 4.79 Å². The van der Waals surface area contributed by atoms with Crippen LogP contribution in [-0.2, 0) is 21.4 Å². The number of nitrogens with zero attached hydrogens (tertiary/aromatic N) is 1. The normalized spacial score (nSPS) is 11.7. The summed E-state index contributed by atoms with van der Waals surface area (Å²) in [5.41, 5.74) is 0.528. The Morgan fingerprint density at radius 2 is 2.11 bits per heavy atom. The minimum Gasteiger partial charge on any atom is -0.481 e. The zero-order valence-electron chi connectivity index (χ0n) is 10.5. The van der Waals surface area contributed by atoms with E-state index >= 15 is 0 Å². The first-order valence-electron chi connectivity index (χ1n) is 5.79. The predicted octanol–water partition coefficient (Wildman–Crippen LogP) is 1.45. The van der Waals surface area contributed by atoms with E-state index in [2.05, 4.69) is 0 Å². The molecule has 0 aliphatic rings. The highest BCUT2D eigenvalue weighted by Crippen LogP contribution is 2.11. The quantitative estimate of drug-likeness (QED) is 0.824. The van der Waals surface area contributed by atoms with Gasteiger partial charge >= 0.3 is 5.97 Å². The van der Waals surface area contributed by atoms with E-state index in [1.807, 2.05) is 0 Å². The lowest BCUT2D eigenvalue weighted by Crippen LogP contribution is -2.33. The minimum atomic E-state index is -3.65. The van der Waals surface area contributed by atoms with E-state index in [0.717, 1.165) is 4.31 Å². The van der Waals surface area contributed by atoms with Gasteiger partial charge in [0.15, 0.2) is 0 Å². The van der Waals surface area contributed by atoms with Crippen molar-refractivity contribution < 1.29 is 22.7 Å². The second kappa shape index (κ2) is 6.63. The molecule has 7 heteroatoms. The van der Waals surface area contributed by atoms with Crippen molar-refractivity contribution in [2.45, 2.75) is 19.9 Å². The topological polar surface area (TPSA) is 74.7 Å². The second-order valence-corrected chi connectivity index (χ2v) is 6.10. The molecule has 0 bridgehead atoms. The van der Waals surface area contributed by atoms with Crippen LogP contribution in [0, 0.1) is 5.82 Å². The van der Waals surface area contributed by atoms with E-state index in [9.17, 15) is 17.6 Å². The molecule has 0 unspecified atom stereocenters. The number of hydrogen-bond acceptors (Lipinski definition) is 3. The van der Waals surface area contributed by atoms with Crippen molar-refractivity contribution in [3.63, 3.8) is 0 Å². The number of hydrogen-bond donors (Lipinski definition) is 1. The van der Waals surface area contributed by atoms with E-state index < -0.39 is 34.0 Å². The van der Waals surface area contributed by atoms with E-state index in [4.69, 9.17) is 5.11 Å². The van der Waals surface area contributed by atoms with Crippen molar-refractivity contribution in [1.29, 1.82) is 0 Å². The Morgan fingerprint density at radius 1 is 1.42 bits per heavy atom. The molecule has 1 aromatic rings. The van der Waals surface area contributed by atoms with E-state index in [0.29, 0.717) is 5.56 Å². The highest BCUT2D eigenvalue weighted by Gasteiger charge is 2.21. The number of carbonyl (C=O) groups is 1. The number of aliphatic carboxylic acids is 1. The van der Waals surface area contributed by atoms with Crippen LogP contribution in [0.25, 0.3) is 0 Å². The SMILES string of the molecule is CCN(Cc1cccc(F)c1)S(=O)(=O)CCC(=O)O. The molecular formula is C12H16FNO4S. The standard InChI is InChI=1S/C12H16FNO4S/c1-2-14(19(17,18)7-6-12(15)16)9-10-4-3-5-11(13)8-10/h3-5,8H,2,6-7,9H2,1H3,(H,15,16). The third-order valence-electron chi connectivity index (χ3n) is 2.57. The van der Waals surface area contributed by atoms with Crippen molar-refractivity contribution in [2.24, 2.45) is 0 Å². The Hall–Kier alpha value is -1.47. The smallest absolute Gasteiger partial charge is 0.304 e. The fraction of sp³-hybridized carbons (Fsp3) is 0.417. The Morgan fingerprint density at radius 3 is 2.63 bits per heavy atom. The summed E-state index contributed by atoms with van der Waals surface area (Å²) in [6.07, 6.45) is -0.442. The molecule has 0 saturated heterocycles. The summed E-state index contributed by atoms with van der Waals surface area (Å²) in [4.78, 5) is 10.4. The molecule has 106 valence electrons. The maximum Gasteiger partial charge on any atom is 0.304 e. The van der Waals surface area contributed by atoms with Crippen molar-refractivity contribution >= 4 is 16.0 Å². The molecule has 0 amide bonds. The zero-order valence-corrected chi connectivity index (χ0v) is 11.4. The van der Waals surface area contributed by atoms with Gasteiger partial charge in [-0.15, -0.1) is 0 Å². The molecule has 0 saturated carbocycles. The molecule has 19 heavy (non-hydrogen) atoms. The summed E-state index contributed by atoms with van der Waals surface area (Å²) in [6, 6.07) is 5.66. The lowest BCUT2D eigenvalue weighted by molar-refractivity contribution is -0.136. The van der Waals surface area contributed by atoms with Crippen LogP contribution in [0.5, 0.6) is 0 Å². The van der Waals surface area contributed by atoms with Crippen molar-refractivity contribution in [3.05, 3.63) is 35.6 Å². The summed E-state index contributed by atoms with van der Waals surface area (Å²) in [5, 5.41) is 8.52. The molecule has 0 fully saturated rings. The third-order valence-corrected chi connectivity index (χ3v) is 4.46. The van der Waals surface area contributed by atoms with Gasteiger partial charge in [0.05, 0.1) is 12.2 Å². The molecule has 0 aromatic heterocycles. The van der Waals surface area contributed by atoms with Gasteiger partial charge in [0.25, 0.3) is 0 Å². The highest BCUT2D eigenvalue weighted by molar-refractivity contribution is 7.89. The van der Waals surface area contributed by atoms with Crippen LogP contribution in [0.1, 0.15) is 18.9 Å². The first kappa shape index (κ1) is 15.6. The van der Waals surface area contributed by atoms with Gasteiger partial charge in [0, 0.05) is 13.1 Å². The molecule has 0 aliphatic carbocycles. The van der Waals surface area contributed by atoms with Gasteiger partial charge in [-0.25, -0.2) is 12.8 Å². The Labute approximate surface area is 111 Å². The zero-order chi connectivity index (χ0) is 14.5. The number of carboxylic acids is 1. The van der Waals surface area contributed by atoms with Gasteiger partial charge in [0.2, 0.25) is 10.0 Å². The van der Waals surface area contributed by atoms with Crippen LogP contribution in [-0.4, -0.2) is 36.1 Å². The van der Waals surface area contributed by atoms with E-state index in [-0.39, 0.29) is 13.1 Å². The van der Waals surface area contributed by atoms with Crippen LogP contribution < -0.4 is 0 Å². The van der Waals surface area contributed by atoms with E-state index in [1.165, 1.54) is 18.2 Å². The molecule has 1 N–H and O–H groups in total. The van der Waals surface area contributed by atoms with Crippen LogP contribution in [0.15, 0.2) is 24.3 Å². The first-order valence-corrected chi connectivity index (χ1v) is 7.40. The number of rotatable bonds is 7. The maximum atomic E-state index is 13.0. The van der Waals surface area contributed by atoms with Crippen LogP contribution in [0.2, 0.25) is 0 Å². The summed E-state index contributed by atoms with van der Waals surface area (Å²) in [6.45, 7) is 1.90. The molecule has 5 nitrogen and oxygen atoms in total. The largest absolute Gasteiger partial charge is 0.481 e. The van der Waals surface area contributed by atoms with Gasteiger partial charge in [-0.2, -0.15) is 4.31 Å². The fourth-order valence-corrected chi connectivity index (χ4v) is 3.02. The predicted molar refractivity (Wildman–Crippen MR) is 68.5 cm³/mol. The third kappa shape index (κ3) is 4.96. The van der Waals surface area contributed by atoms with Gasteiger partial charge < -0.3 is 5.11 Å². The molecular weight excluding hydrogens is 273 g/mol. The molecule has 1 rings (SSSR count). The van der Waals surface area contributed by atoms with Gasteiger partial charge in [-0.05, 0) is 17.7 Å². The summed E-state index contributed by atoms with van der Waals surface area (Å²) < 4.78 is 38.0. The van der Waals surface area contributed by atoms with Crippen molar-refractivity contribution in [2.75, 3.05) is 12.3 Å². The Balaban J connectivity index is 2.80. The summed E-state index contributed by atoms with van der Waals surface area (Å²) in [5.74, 6) is -2.05. The van der Waals surface area contributed by atoms with Crippen LogP contribution >= 0.6 is 0 Å². The highest BCUT2D eigenvalue weighted by atomic mass is 32.2. The molecule has 0 heterocycles. The average Bonchev–Trinajstić information content (AvgIpc) is 2.33. The van der Waals surface area contributed by atoms with Crippen molar-refractivity contribution in [1.82, 2.24) is 4.31 Å². The van der Waals surface area contributed by atoms with Crippen molar-refractivity contribution in [3.8, 4) is 0 Å². The van der Waals surface area contributed by atoms with Crippen LogP contribution in [0.3, 0.4) is 0 Å². The maximum absolute atomic E-state index is 13.0. The summed E-state index contributed by atoms with van der Waals surface area (Å²) in [7, 11) is -3.65. The first-order chi connectivity index (χ1) is 8.85. The number of sulfonamides is 1. The lowest BCUT2D eigenvalue weighted by Gasteiger charge is -2.20. The van der Waals surface area contributed by atoms with E-state index in [1.54, 1.807) is 13.0 Å². The second-order valence-electron chi connectivity index (χ2n) is 4.02. The fourth-order valence-electron chi connectivity index (χ4n) is 1.59. The summed E-state index contributed by atoms with van der Waals surface area (Å²) >= 11 is 0. The van der Waals surface area contributed by atoms with Gasteiger partial charge in [-0.1, -0.05) is 19.1 Å². The molecule has 0 atom stereocenters. The minimum absolute atomic E-state index is 0.0379. The Bertz CT molecular complexity index is 544. The number of halogens is 1. The number of benzene rings is 1. The monoisotopic (exact) mass is 289 g/mol.